The Bertz CT molecular complexity index is 1080. The third-order valence-corrected chi connectivity index (χ3v) is 7.65. The molecule has 0 radical (unpaired) electrons. The van der Waals surface area contributed by atoms with Gasteiger partial charge in [0.1, 0.15) is 0 Å². The highest BCUT2D eigenvalue weighted by Crippen LogP contribution is 2.38. The lowest BCUT2D eigenvalue weighted by Crippen LogP contribution is -2.32. The van der Waals surface area contributed by atoms with E-state index in [2.05, 4.69) is 27.8 Å². The van der Waals surface area contributed by atoms with Crippen molar-refractivity contribution in [2.75, 3.05) is 25.5 Å². The van der Waals surface area contributed by atoms with E-state index < -0.39 is 0 Å². The van der Waals surface area contributed by atoms with Crippen LogP contribution in [0.1, 0.15) is 37.8 Å². The Balaban J connectivity index is 1.28. The summed E-state index contributed by atoms with van der Waals surface area (Å²) in [5.41, 5.74) is 1.11. The summed E-state index contributed by atoms with van der Waals surface area (Å²) in [6, 6.07) is 10.2. The van der Waals surface area contributed by atoms with Crippen LogP contribution in [0, 0.1) is 0 Å². The lowest BCUT2D eigenvalue weighted by Gasteiger charge is -2.25. The summed E-state index contributed by atoms with van der Waals surface area (Å²) < 4.78 is 13.7. The SMILES string of the molecule is CCn1c(SCC(=O)N2CCCC2c2ccc3c(c2)OCCCO3)nnc1-c1cccs1. The number of fused-ring (bicyclic) bond motifs is 1. The molecule has 1 saturated heterocycles. The fraction of sp³-hybridized carbons (Fsp3) is 0.435. The fourth-order valence-electron chi connectivity index (χ4n) is 4.28. The number of carbonyl (C=O) groups excluding carboxylic acids is 1. The number of hydrogen-bond acceptors (Lipinski definition) is 7. The molecule has 5 rings (SSSR count). The average molecular weight is 471 g/mol. The molecule has 32 heavy (non-hydrogen) atoms. The minimum atomic E-state index is 0.0750. The third-order valence-electron chi connectivity index (χ3n) is 5.83. The van der Waals surface area contributed by atoms with Crippen LogP contribution in [-0.4, -0.2) is 51.1 Å². The molecule has 7 nitrogen and oxygen atoms in total. The van der Waals surface area contributed by atoms with E-state index in [-0.39, 0.29) is 11.9 Å². The van der Waals surface area contributed by atoms with E-state index in [1.54, 1.807) is 11.3 Å². The Labute approximate surface area is 195 Å². The highest BCUT2D eigenvalue weighted by atomic mass is 32.2. The molecule has 1 aromatic carbocycles. The largest absolute Gasteiger partial charge is 0.490 e. The molecular formula is C23H26N4O3S2. The zero-order valence-electron chi connectivity index (χ0n) is 18.0. The Morgan fingerprint density at radius 3 is 2.88 bits per heavy atom. The molecule has 168 valence electrons. The normalized spacial score (nSPS) is 18.0. The van der Waals surface area contributed by atoms with Crippen LogP contribution in [0.2, 0.25) is 0 Å². The van der Waals surface area contributed by atoms with Crippen LogP contribution in [0.4, 0.5) is 0 Å². The number of thioether (sulfide) groups is 1. The summed E-state index contributed by atoms with van der Waals surface area (Å²) in [5.74, 6) is 2.92. The van der Waals surface area contributed by atoms with Crippen LogP contribution in [0.15, 0.2) is 40.9 Å². The summed E-state index contributed by atoms with van der Waals surface area (Å²) in [7, 11) is 0. The highest BCUT2D eigenvalue weighted by molar-refractivity contribution is 7.99. The molecular weight excluding hydrogens is 444 g/mol. The number of nitrogens with zero attached hydrogens (tertiary/aromatic N) is 4. The van der Waals surface area contributed by atoms with Gasteiger partial charge < -0.3 is 18.9 Å². The van der Waals surface area contributed by atoms with Gasteiger partial charge in [0.2, 0.25) is 5.91 Å². The minimum absolute atomic E-state index is 0.0750. The minimum Gasteiger partial charge on any atom is -0.490 e. The first-order valence-electron chi connectivity index (χ1n) is 11.0. The fourth-order valence-corrected chi connectivity index (χ4v) is 5.88. The monoisotopic (exact) mass is 470 g/mol. The summed E-state index contributed by atoms with van der Waals surface area (Å²) in [4.78, 5) is 16.3. The van der Waals surface area contributed by atoms with Crippen molar-refractivity contribution in [3.05, 3.63) is 41.3 Å². The first-order chi connectivity index (χ1) is 15.7. The van der Waals surface area contributed by atoms with Crippen LogP contribution in [0.25, 0.3) is 10.7 Å². The second kappa shape index (κ2) is 9.54. The second-order valence-electron chi connectivity index (χ2n) is 7.82. The van der Waals surface area contributed by atoms with Gasteiger partial charge in [-0.1, -0.05) is 23.9 Å². The molecule has 0 saturated carbocycles. The second-order valence-corrected chi connectivity index (χ2v) is 9.71. The van der Waals surface area contributed by atoms with Gasteiger partial charge in [-0.15, -0.1) is 21.5 Å². The molecule has 2 aromatic heterocycles. The number of hydrogen-bond donors (Lipinski definition) is 0. The molecule has 1 fully saturated rings. The van der Waals surface area contributed by atoms with Crippen LogP contribution in [0.5, 0.6) is 11.5 Å². The summed E-state index contributed by atoms with van der Waals surface area (Å²) >= 11 is 3.11. The van der Waals surface area contributed by atoms with Crippen molar-refractivity contribution in [1.82, 2.24) is 19.7 Å². The molecule has 2 aliphatic heterocycles. The van der Waals surface area contributed by atoms with E-state index in [0.717, 1.165) is 65.3 Å². The predicted octanol–water partition coefficient (Wildman–Crippen LogP) is 4.64. The van der Waals surface area contributed by atoms with Gasteiger partial charge >= 0.3 is 0 Å². The maximum atomic E-state index is 13.2. The number of carbonyl (C=O) groups is 1. The number of likely N-dealkylation sites (tertiary alicyclic amines) is 1. The lowest BCUT2D eigenvalue weighted by atomic mass is 10.0. The maximum Gasteiger partial charge on any atom is 0.233 e. The zero-order valence-corrected chi connectivity index (χ0v) is 19.7. The van der Waals surface area contributed by atoms with Crippen LogP contribution in [-0.2, 0) is 11.3 Å². The van der Waals surface area contributed by atoms with Crippen molar-refractivity contribution in [2.24, 2.45) is 0 Å². The smallest absolute Gasteiger partial charge is 0.233 e. The molecule has 0 spiro atoms. The first kappa shape index (κ1) is 21.3. The number of rotatable bonds is 6. The van der Waals surface area contributed by atoms with Crippen molar-refractivity contribution in [3.63, 3.8) is 0 Å². The van der Waals surface area contributed by atoms with Gasteiger partial charge in [0.25, 0.3) is 0 Å². The quantitative estimate of drug-likeness (QED) is 0.489. The molecule has 1 unspecified atom stereocenters. The van der Waals surface area contributed by atoms with E-state index in [4.69, 9.17) is 9.47 Å². The Kier molecular flexibility index (Phi) is 6.36. The third kappa shape index (κ3) is 4.23. The Hall–Kier alpha value is -2.52. The van der Waals surface area contributed by atoms with E-state index >= 15 is 0 Å². The van der Waals surface area contributed by atoms with Gasteiger partial charge in [-0.05, 0) is 48.9 Å². The Morgan fingerprint density at radius 2 is 2.06 bits per heavy atom. The molecule has 9 heteroatoms. The zero-order chi connectivity index (χ0) is 21.9. The van der Waals surface area contributed by atoms with Gasteiger partial charge in [-0.25, -0.2) is 0 Å². The maximum absolute atomic E-state index is 13.2. The van der Waals surface area contributed by atoms with Crippen molar-refractivity contribution in [2.45, 2.75) is 43.9 Å². The molecule has 0 bridgehead atoms. The van der Waals surface area contributed by atoms with Crippen molar-refractivity contribution < 1.29 is 14.3 Å². The number of benzene rings is 1. The van der Waals surface area contributed by atoms with Crippen molar-refractivity contribution in [1.29, 1.82) is 0 Å². The predicted molar refractivity (Wildman–Crippen MR) is 125 cm³/mol. The van der Waals surface area contributed by atoms with Gasteiger partial charge in [0.05, 0.1) is 29.9 Å². The first-order valence-corrected chi connectivity index (χ1v) is 12.9. The summed E-state index contributed by atoms with van der Waals surface area (Å²) in [6.07, 6.45) is 2.85. The van der Waals surface area contributed by atoms with Crippen LogP contribution >= 0.6 is 23.1 Å². The van der Waals surface area contributed by atoms with Crippen molar-refractivity contribution >= 4 is 29.0 Å². The van der Waals surface area contributed by atoms with Gasteiger partial charge in [-0.3, -0.25) is 4.79 Å². The number of amides is 1. The van der Waals surface area contributed by atoms with E-state index in [9.17, 15) is 4.79 Å². The topological polar surface area (TPSA) is 69.5 Å². The van der Waals surface area contributed by atoms with E-state index in [1.165, 1.54) is 11.8 Å². The number of ether oxygens (including phenoxy) is 2. The Morgan fingerprint density at radius 1 is 1.19 bits per heavy atom. The van der Waals surface area contributed by atoms with Crippen LogP contribution < -0.4 is 9.47 Å². The van der Waals surface area contributed by atoms with E-state index in [1.807, 2.05) is 34.5 Å². The molecule has 0 N–H and O–H groups in total. The van der Waals surface area contributed by atoms with Gasteiger partial charge in [0.15, 0.2) is 22.5 Å². The summed E-state index contributed by atoms with van der Waals surface area (Å²) in [6.45, 7) is 4.95. The molecule has 1 amide bonds. The van der Waals surface area contributed by atoms with Gasteiger partial charge in [-0.2, -0.15) is 0 Å². The standard InChI is InChI=1S/C23H26N4O3S2/c1-2-26-22(20-7-4-13-31-20)24-25-23(26)32-15-21(28)27-10-3-6-17(27)16-8-9-18-19(14-16)30-12-5-11-29-18/h4,7-9,13-14,17H,2-3,5-6,10-12,15H2,1H3. The molecule has 2 aliphatic rings. The summed E-state index contributed by atoms with van der Waals surface area (Å²) in [5, 5.41) is 11.5. The van der Waals surface area contributed by atoms with E-state index in [0.29, 0.717) is 19.0 Å². The molecule has 3 aromatic rings. The van der Waals surface area contributed by atoms with Crippen molar-refractivity contribution in [3.8, 4) is 22.2 Å². The highest BCUT2D eigenvalue weighted by Gasteiger charge is 2.31. The molecule has 1 atom stereocenters. The molecule has 4 heterocycles. The molecule has 0 aliphatic carbocycles. The van der Waals surface area contributed by atoms with Gasteiger partial charge in [0, 0.05) is 19.5 Å². The number of thiophene rings is 1. The number of aromatic nitrogens is 3. The van der Waals surface area contributed by atoms with Crippen LogP contribution in [0.3, 0.4) is 0 Å². The average Bonchev–Trinajstić information content (AvgIpc) is 3.55. The lowest BCUT2D eigenvalue weighted by molar-refractivity contribution is -0.129.